The van der Waals surface area contributed by atoms with E-state index in [0.717, 1.165) is 51.9 Å². The first-order valence-corrected chi connectivity index (χ1v) is 17.0. The van der Waals surface area contributed by atoms with E-state index in [2.05, 4.69) is 20.8 Å². The standard InChI is InChI=1S/C37H39F2N5O5/c1-3-25-28(38)8-7-22-14-24(45)15-26(30(22)25)32-31(39)33-27(16-40-32)34(43-12-13-47-20-36(2,46)19-43)42-35(41-33)49-21-37-9-4-6-29(37)44(11-5-10-37)23-17-48-18-23/h1,7-8,14-16,23,29,45-46H,4-6,9-13,17-21H2,2H3. The van der Waals surface area contributed by atoms with Crippen molar-refractivity contribution in [2.45, 2.75) is 56.7 Å². The maximum Gasteiger partial charge on any atom is 0.319 e. The molecule has 5 heterocycles. The molecular formula is C37H39F2N5O5. The van der Waals surface area contributed by atoms with Crippen LogP contribution in [0.3, 0.4) is 0 Å². The molecule has 3 saturated heterocycles. The fourth-order valence-electron chi connectivity index (χ4n) is 8.45. The molecule has 12 heteroatoms. The maximum atomic E-state index is 17.0. The van der Waals surface area contributed by atoms with Crippen molar-refractivity contribution in [2.75, 3.05) is 57.6 Å². The van der Waals surface area contributed by atoms with E-state index < -0.39 is 17.2 Å². The van der Waals surface area contributed by atoms with Gasteiger partial charge >= 0.3 is 6.01 Å². The number of hydrogen-bond acceptors (Lipinski definition) is 10. The molecule has 3 unspecified atom stereocenters. The van der Waals surface area contributed by atoms with Gasteiger partial charge in [-0.15, -0.1) is 6.42 Å². The second-order valence-electron chi connectivity index (χ2n) is 14.2. The monoisotopic (exact) mass is 671 g/mol. The molecule has 2 aromatic carbocycles. The van der Waals surface area contributed by atoms with Crippen LogP contribution in [0.4, 0.5) is 14.6 Å². The first-order valence-electron chi connectivity index (χ1n) is 17.0. The molecule has 256 valence electrons. The van der Waals surface area contributed by atoms with Gasteiger partial charge in [0.15, 0.2) is 5.82 Å². The third-order valence-corrected chi connectivity index (χ3v) is 10.8. The van der Waals surface area contributed by atoms with Gasteiger partial charge < -0.3 is 29.3 Å². The highest BCUT2D eigenvalue weighted by molar-refractivity contribution is 6.03. The zero-order valence-electron chi connectivity index (χ0n) is 27.4. The molecule has 2 N–H and O–H groups in total. The second-order valence-corrected chi connectivity index (χ2v) is 14.2. The van der Waals surface area contributed by atoms with Crippen molar-refractivity contribution in [1.82, 2.24) is 19.9 Å². The Bertz CT molecular complexity index is 1980. The number of terminal acetylenes is 1. The summed E-state index contributed by atoms with van der Waals surface area (Å²) in [7, 11) is 0. The van der Waals surface area contributed by atoms with Gasteiger partial charge in [-0.05, 0) is 62.7 Å². The van der Waals surface area contributed by atoms with Gasteiger partial charge in [0.2, 0.25) is 0 Å². The Labute approximate surface area is 283 Å². The van der Waals surface area contributed by atoms with Gasteiger partial charge in [0, 0.05) is 35.1 Å². The highest BCUT2D eigenvalue weighted by atomic mass is 19.1. The topological polar surface area (TPSA) is 113 Å². The van der Waals surface area contributed by atoms with Crippen molar-refractivity contribution >= 4 is 27.5 Å². The van der Waals surface area contributed by atoms with E-state index in [1.165, 1.54) is 30.5 Å². The lowest BCUT2D eigenvalue weighted by Gasteiger charge is -2.51. The average Bonchev–Trinajstić information content (AvgIpc) is 3.41. The lowest BCUT2D eigenvalue weighted by molar-refractivity contribution is -0.115. The van der Waals surface area contributed by atoms with Crippen molar-refractivity contribution in [1.29, 1.82) is 0 Å². The van der Waals surface area contributed by atoms with Crippen LogP contribution in [0.25, 0.3) is 32.9 Å². The number of nitrogens with zero attached hydrogens (tertiary/aromatic N) is 5. The van der Waals surface area contributed by atoms with E-state index >= 15 is 4.39 Å². The normalized spacial score (nSPS) is 26.3. The number of benzene rings is 2. The summed E-state index contributed by atoms with van der Waals surface area (Å²) < 4.78 is 49.5. The van der Waals surface area contributed by atoms with Gasteiger partial charge in [0.05, 0.1) is 56.6 Å². The minimum Gasteiger partial charge on any atom is -0.508 e. The lowest BCUT2D eigenvalue weighted by atomic mass is 9.75. The molecule has 2 aromatic heterocycles. The summed E-state index contributed by atoms with van der Waals surface area (Å²) in [5, 5.41) is 22.6. The van der Waals surface area contributed by atoms with Crippen molar-refractivity contribution in [3.63, 3.8) is 0 Å². The van der Waals surface area contributed by atoms with E-state index in [1.54, 1.807) is 6.92 Å². The quantitative estimate of drug-likeness (QED) is 0.277. The Morgan fingerprint density at radius 1 is 1.12 bits per heavy atom. The van der Waals surface area contributed by atoms with Crippen LogP contribution in [0.15, 0.2) is 30.5 Å². The minimum atomic E-state index is -1.19. The molecule has 0 bridgehead atoms. The Hall–Kier alpha value is -4.15. The van der Waals surface area contributed by atoms with Crippen LogP contribution >= 0.6 is 0 Å². The summed E-state index contributed by atoms with van der Waals surface area (Å²) in [6.07, 6.45) is 12.5. The molecule has 0 amide bonds. The number of fused-ring (bicyclic) bond motifs is 3. The summed E-state index contributed by atoms with van der Waals surface area (Å²) in [5.41, 5.74) is -1.41. The molecular weight excluding hydrogens is 632 g/mol. The number of anilines is 1. The molecule has 0 radical (unpaired) electrons. The van der Waals surface area contributed by atoms with Gasteiger partial charge in [-0.2, -0.15) is 9.97 Å². The average molecular weight is 672 g/mol. The fraction of sp³-hybridized carbons (Fsp3) is 0.486. The molecule has 3 aliphatic heterocycles. The largest absolute Gasteiger partial charge is 0.508 e. The molecule has 1 aliphatic carbocycles. The van der Waals surface area contributed by atoms with Crippen molar-refractivity contribution < 1.29 is 33.2 Å². The molecule has 0 spiro atoms. The first kappa shape index (κ1) is 32.1. The highest BCUT2D eigenvalue weighted by Gasteiger charge is 2.51. The van der Waals surface area contributed by atoms with E-state index in [9.17, 15) is 14.6 Å². The molecule has 1 saturated carbocycles. The van der Waals surface area contributed by atoms with Gasteiger partial charge in [-0.3, -0.25) is 9.88 Å². The van der Waals surface area contributed by atoms with Gasteiger partial charge in [0.25, 0.3) is 0 Å². The Morgan fingerprint density at radius 2 is 1.96 bits per heavy atom. The molecule has 4 fully saturated rings. The zero-order chi connectivity index (χ0) is 33.9. The number of rotatable bonds is 6. The van der Waals surface area contributed by atoms with Crippen molar-refractivity contribution in [3.8, 4) is 35.4 Å². The smallest absolute Gasteiger partial charge is 0.319 e. The van der Waals surface area contributed by atoms with Gasteiger partial charge in [-0.1, -0.05) is 18.4 Å². The number of likely N-dealkylation sites (tertiary alicyclic amines) is 1. The summed E-state index contributed by atoms with van der Waals surface area (Å²) in [6.45, 7) is 5.65. The molecule has 3 atom stereocenters. The Morgan fingerprint density at radius 3 is 2.76 bits per heavy atom. The number of pyridine rings is 1. The van der Waals surface area contributed by atoms with Crippen molar-refractivity contribution in [3.05, 3.63) is 47.7 Å². The number of phenols is 1. The number of β-amino-alcohol motifs (C(OH)–C–C–N with tert-alkyl or cyclic N) is 1. The lowest BCUT2D eigenvalue weighted by Crippen LogP contribution is -2.60. The van der Waals surface area contributed by atoms with E-state index in [1.807, 2.05) is 4.90 Å². The van der Waals surface area contributed by atoms with Crippen LogP contribution in [-0.4, -0.2) is 100 Å². The number of ether oxygens (including phenoxy) is 3. The predicted octanol–water partition coefficient (Wildman–Crippen LogP) is 4.81. The molecule has 4 aromatic rings. The van der Waals surface area contributed by atoms with Crippen molar-refractivity contribution in [2.24, 2.45) is 5.41 Å². The van der Waals surface area contributed by atoms with Crippen LogP contribution in [-0.2, 0) is 9.47 Å². The Balaban J connectivity index is 1.25. The Kier molecular flexibility index (Phi) is 8.06. The summed E-state index contributed by atoms with van der Waals surface area (Å²) in [5.74, 6) is 1.14. The zero-order valence-corrected chi connectivity index (χ0v) is 27.4. The fourth-order valence-corrected chi connectivity index (χ4v) is 8.45. The number of phenolic OH excluding ortho intramolecular Hbond substituents is 1. The van der Waals surface area contributed by atoms with Crippen LogP contribution in [0.2, 0.25) is 0 Å². The van der Waals surface area contributed by atoms with E-state index in [4.69, 9.17) is 25.6 Å². The summed E-state index contributed by atoms with van der Waals surface area (Å²) >= 11 is 0. The number of piperidine rings is 1. The van der Waals surface area contributed by atoms with Crippen LogP contribution in [0.1, 0.15) is 44.6 Å². The predicted molar refractivity (Wildman–Crippen MR) is 180 cm³/mol. The van der Waals surface area contributed by atoms with E-state index in [0.29, 0.717) is 48.4 Å². The number of aromatic nitrogens is 3. The minimum absolute atomic E-state index is 0.0172. The SMILES string of the molecule is C#Cc1c(F)ccc2cc(O)cc(-c3ncc4c(N5CCOCC(C)(O)C5)nc(OCC56CCCC5N(C5COC5)CCC6)nc4c3F)c12. The number of halogens is 2. The number of aromatic hydroxyl groups is 1. The number of hydrogen-bond donors (Lipinski definition) is 2. The molecule has 10 nitrogen and oxygen atoms in total. The van der Waals surface area contributed by atoms with E-state index in [-0.39, 0.29) is 58.1 Å². The summed E-state index contributed by atoms with van der Waals surface area (Å²) in [6, 6.07) is 6.28. The highest BCUT2D eigenvalue weighted by Crippen LogP contribution is 2.49. The number of aliphatic hydroxyl groups is 1. The third kappa shape index (κ3) is 5.62. The summed E-state index contributed by atoms with van der Waals surface area (Å²) in [4.78, 5) is 18.4. The maximum absolute atomic E-state index is 17.0. The van der Waals surface area contributed by atoms with Crippen LogP contribution in [0, 0.1) is 29.4 Å². The molecule has 4 aliphatic rings. The van der Waals surface area contributed by atoms with Gasteiger partial charge in [-0.25, -0.2) is 8.78 Å². The second kappa shape index (κ2) is 12.3. The van der Waals surface area contributed by atoms with Crippen LogP contribution < -0.4 is 9.64 Å². The molecule has 49 heavy (non-hydrogen) atoms. The third-order valence-electron chi connectivity index (χ3n) is 10.8. The van der Waals surface area contributed by atoms with Crippen LogP contribution in [0.5, 0.6) is 11.8 Å². The first-order chi connectivity index (χ1) is 23.7. The van der Waals surface area contributed by atoms with Gasteiger partial charge in [0.1, 0.15) is 34.2 Å². The molecule has 8 rings (SSSR count).